The number of hydrogen-bond donors (Lipinski definition) is 0. The number of ether oxygens (including phenoxy) is 3. The quantitative estimate of drug-likeness (QED) is 0.265. The molecule has 0 atom stereocenters. The Morgan fingerprint density at radius 1 is 0.931 bits per heavy atom. The van der Waals surface area contributed by atoms with Crippen LogP contribution in [-0.4, -0.2) is 25.6 Å². The molecule has 0 fully saturated rings. The van der Waals surface area contributed by atoms with Crippen molar-refractivity contribution in [3.8, 4) is 17.2 Å². The second-order valence-corrected chi connectivity index (χ2v) is 6.18. The Kier molecular flexibility index (Phi) is 8.77. The summed E-state index contributed by atoms with van der Waals surface area (Å²) in [5.74, 6) is 2.06. The van der Waals surface area contributed by atoms with Gasteiger partial charge in [0.05, 0.1) is 13.2 Å². The van der Waals surface area contributed by atoms with Gasteiger partial charge in [-0.3, -0.25) is 4.79 Å². The Morgan fingerprint density at radius 2 is 1.62 bits per heavy atom. The zero-order valence-electron chi connectivity index (χ0n) is 17.1. The smallest absolute Gasteiger partial charge is 0.185 e. The molecule has 152 valence electrons. The molecular weight excluding hydrogens is 364 g/mol. The van der Waals surface area contributed by atoms with Crippen molar-refractivity contribution in [2.75, 3.05) is 19.8 Å². The highest BCUT2D eigenvalue weighted by atomic mass is 16.5. The molecular formula is C25H28O4. The fraction of sp³-hybridized carbons (Fsp3) is 0.240. The normalized spacial score (nSPS) is 10.6. The summed E-state index contributed by atoms with van der Waals surface area (Å²) in [6, 6.07) is 10.9. The largest absolute Gasteiger partial charge is 0.493 e. The van der Waals surface area contributed by atoms with Crippen molar-refractivity contribution in [1.82, 2.24) is 0 Å². The fourth-order valence-corrected chi connectivity index (χ4v) is 2.77. The third-order valence-corrected chi connectivity index (χ3v) is 4.08. The third-order valence-electron chi connectivity index (χ3n) is 4.08. The summed E-state index contributed by atoms with van der Waals surface area (Å²) in [5.41, 5.74) is 2.41. The first-order chi connectivity index (χ1) is 14.1. The monoisotopic (exact) mass is 392 g/mol. The Hall–Kier alpha value is -3.27. The number of allylic oxidation sites excluding steroid dienone is 2. The van der Waals surface area contributed by atoms with E-state index in [0.717, 1.165) is 16.9 Å². The van der Waals surface area contributed by atoms with E-state index in [2.05, 4.69) is 13.2 Å². The van der Waals surface area contributed by atoms with Gasteiger partial charge in [0.1, 0.15) is 23.9 Å². The van der Waals surface area contributed by atoms with E-state index in [0.29, 0.717) is 43.3 Å². The first kappa shape index (κ1) is 22.0. The van der Waals surface area contributed by atoms with Gasteiger partial charge in [0.25, 0.3) is 0 Å². The maximum Gasteiger partial charge on any atom is 0.185 e. The number of carbonyl (C=O) groups excluding carboxylic acids is 1. The second-order valence-electron chi connectivity index (χ2n) is 6.18. The van der Waals surface area contributed by atoms with Crippen LogP contribution in [0.25, 0.3) is 6.08 Å². The molecule has 2 rings (SSSR count). The van der Waals surface area contributed by atoms with Crippen LogP contribution in [0.3, 0.4) is 0 Å². The van der Waals surface area contributed by atoms with Crippen molar-refractivity contribution in [1.29, 1.82) is 0 Å². The van der Waals surface area contributed by atoms with Crippen LogP contribution in [0.5, 0.6) is 17.2 Å². The minimum absolute atomic E-state index is 0.0955. The van der Waals surface area contributed by atoms with Gasteiger partial charge >= 0.3 is 0 Å². The molecule has 0 N–H and O–H groups in total. The molecule has 29 heavy (non-hydrogen) atoms. The molecule has 2 aromatic rings. The average molecular weight is 392 g/mol. The summed E-state index contributed by atoms with van der Waals surface area (Å²) in [5, 5.41) is 0. The summed E-state index contributed by atoms with van der Waals surface area (Å²) in [6.45, 7) is 12.8. The van der Waals surface area contributed by atoms with Crippen LogP contribution in [0.1, 0.15) is 35.3 Å². The van der Waals surface area contributed by atoms with Crippen molar-refractivity contribution >= 4 is 11.9 Å². The zero-order chi connectivity index (χ0) is 21.1. The molecule has 0 saturated carbocycles. The summed E-state index contributed by atoms with van der Waals surface area (Å²) in [7, 11) is 0. The molecule has 0 heterocycles. The van der Waals surface area contributed by atoms with Crippen molar-refractivity contribution in [3.63, 3.8) is 0 Å². The summed E-state index contributed by atoms with van der Waals surface area (Å²) >= 11 is 0. The molecule has 0 aromatic heterocycles. The molecule has 2 aromatic carbocycles. The van der Waals surface area contributed by atoms with E-state index in [1.165, 1.54) is 0 Å². The van der Waals surface area contributed by atoms with Crippen LogP contribution >= 0.6 is 0 Å². The van der Waals surface area contributed by atoms with Crippen LogP contribution in [0.2, 0.25) is 0 Å². The molecule has 4 nitrogen and oxygen atoms in total. The Labute approximate surface area is 173 Å². The van der Waals surface area contributed by atoms with E-state index in [1.54, 1.807) is 42.5 Å². The predicted octanol–water partition coefficient (Wildman–Crippen LogP) is 5.67. The van der Waals surface area contributed by atoms with Crippen molar-refractivity contribution in [2.24, 2.45) is 0 Å². The topological polar surface area (TPSA) is 44.8 Å². The van der Waals surface area contributed by atoms with Gasteiger partial charge in [-0.2, -0.15) is 0 Å². The fourth-order valence-electron chi connectivity index (χ4n) is 2.77. The minimum atomic E-state index is -0.0955. The second kappa shape index (κ2) is 11.5. The van der Waals surface area contributed by atoms with Gasteiger partial charge in [-0.1, -0.05) is 18.7 Å². The summed E-state index contributed by atoms with van der Waals surface area (Å²) in [6.07, 6.45) is 7.50. The van der Waals surface area contributed by atoms with E-state index in [1.807, 2.05) is 32.1 Å². The van der Waals surface area contributed by atoms with Crippen molar-refractivity contribution in [2.45, 2.75) is 20.3 Å². The van der Waals surface area contributed by atoms with Crippen LogP contribution < -0.4 is 14.2 Å². The van der Waals surface area contributed by atoms with Gasteiger partial charge in [-0.15, -0.1) is 6.58 Å². The first-order valence-corrected chi connectivity index (χ1v) is 9.72. The lowest BCUT2D eigenvalue weighted by atomic mass is 10.0. The number of hydrogen-bond acceptors (Lipinski definition) is 4. The van der Waals surface area contributed by atoms with Gasteiger partial charge in [0.15, 0.2) is 5.78 Å². The van der Waals surface area contributed by atoms with Gasteiger partial charge in [-0.05, 0) is 68.3 Å². The van der Waals surface area contributed by atoms with Crippen molar-refractivity contribution in [3.05, 3.63) is 84.5 Å². The molecule has 0 radical (unpaired) electrons. The standard InChI is InChI=1S/C25H28O4/c1-5-9-20-17-21(25(28-8-4)18-24(20)27-7-3)12-15-23(26)19-10-13-22(14-11-19)29-16-6-2/h5-6,10-15,17-18H,1-2,7-9,16H2,3-4H3/b15-12+. The Balaban J connectivity index is 2.26. The highest BCUT2D eigenvalue weighted by Gasteiger charge is 2.11. The Morgan fingerprint density at radius 3 is 2.24 bits per heavy atom. The van der Waals surface area contributed by atoms with Gasteiger partial charge in [0.2, 0.25) is 0 Å². The lowest BCUT2D eigenvalue weighted by Crippen LogP contribution is -2.01. The highest BCUT2D eigenvalue weighted by molar-refractivity contribution is 6.07. The van der Waals surface area contributed by atoms with Crippen LogP contribution in [0, 0.1) is 0 Å². The van der Waals surface area contributed by atoms with E-state index < -0.39 is 0 Å². The van der Waals surface area contributed by atoms with Crippen LogP contribution in [0.4, 0.5) is 0 Å². The summed E-state index contributed by atoms with van der Waals surface area (Å²) < 4.78 is 16.9. The first-order valence-electron chi connectivity index (χ1n) is 9.72. The summed E-state index contributed by atoms with van der Waals surface area (Å²) in [4.78, 5) is 12.6. The molecule has 0 amide bonds. The SMILES string of the molecule is C=CCOc1ccc(C(=O)/C=C/c2cc(CC=C)c(OCC)cc2OCC)cc1. The van der Waals surface area contributed by atoms with Gasteiger partial charge < -0.3 is 14.2 Å². The molecule has 0 unspecified atom stereocenters. The molecule has 4 heteroatoms. The molecule has 0 saturated heterocycles. The maximum absolute atomic E-state index is 12.6. The van der Waals surface area contributed by atoms with E-state index in [4.69, 9.17) is 14.2 Å². The third kappa shape index (κ3) is 6.39. The van der Waals surface area contributed by atoms with Crippen LogP contribution in [0.15, 0.2) is 67.8 Å². The van der Waals surface area contributed by atoms with E-state index >= 15 is 0 Å². The van der Waals surface area contributed by atoms with Crippen molar-refractivity contribution < 1.29 is 19.0 Å². The number of rotatable bonds is 12. The lowest BCUT2D eigenvalue weighted by Gasteiger charge is -2.14. The van der Waals surface area contributed by atoms with E-state index in [-0.39, 0.29) is 5.78 Å². The number of benzene rings is 2. The lowest BCUT2D eigenvalue weighted by molar-refractivity contribution is 0.104. The maximum atomic E-state index is 12.6. The minimum Gasteiger partial charge on any atom is -0.493 e. The molecule has 0 aliphatic carbocycles. The number of ketones is 1. The Bertz CT molecular complexity index is 863. The average Bonchev–Trinajstić information content (AvgIpc) is 2.73. The van der Waals surface area contributed by atoms with Gasteiger partial charge in [-0.25, -0.2) is 0 Å². The van der Waals surface area contributed by atoms with E-state index in [9.17, 15) is 4.79 Å². The predicted molar refractivity (Wildman–Crippen MR) is 118 cm³/mol. The molecule has 0 bridgehead atoms. The van der Waals surface area contributed by atoms with Gasteiger partial charge in [0, 0.05) is 17.2 Å². The van der Waals surface area contributed by atoms with Crippen LogP contribution in [-0.2, 0) is 6.42 Å². The number of carbonyl (C=O) groups is 1. The molecule has 0 aliphatic heterocycles. The highest BCUT2D eigenvalue weighted by Crippen LogP contribution is 2.31. The molecule has 0 spiro atoms. The zero-order valence-corrected chi connectivity index (χ0v) is 17.1. The molecule has 0 aliphatic rings.